The number of anilines is 3. The van der Waals surface area contributed by atoms with E-state index in [1.807, 2.05) is 0 Å². The average molecular weight is 385 g/mol. The Morgan fingerprint density at radius 2 is 2.08 bits per heavy atom. The first-order chi connectivity index (χ1) is 12.4. The van der Waals surface area contributed by atoms with Gasteiger partial charge in [0.15, 0.2) is 0 Å². The summed E-state index contributed by atoms with van der Waals surface area (Å²) in [6.07, 6.45) is 1.54. The van der Waals surface area contributed by atoms with Gasteiger partial charge in [-0.25, -0.2) is 4.98 Å². The normalized spacial score (nSPS) is 18.0. The molecule has 0 radical (unpaired) electrons. The molecule has 0 saturated carbocycles. The zero-order valence-corrected chi connectivity index (χ0v) is 15.1. The van der Waals surface area contributed by atoms with E-state index in [0.717, 1.165) is 37.9 Å². The SMILES string of the molecule is CCC1CCCCN1c1nccc(Nc2cc(C(F)(F)F)ccc2Cl)n1. The Balaban J connectivity index is 1.85. The fourth-order valence-corrected chi connectivity index (χ4v) is 3.34. The molecule has 1 aromatic carbocycles. The minimum Gasteiger partial charge on any atom is -0.339 e. The summed E-state index contributed by atoms with van der Waals surface area (Å²) < 4.78 is 38.8. The maximum absolute atomic E-state index is 12.9. The second kappa shape index (κ2) is 7.70. The summed E-state index contributed by atoms with van der Waals surface area (Å²) in [5, 5.41) is 3.08. The number of alkyl halides is 3. The van der Waals surface area contributed by atoms with Crippen LogP contribution >= 0.6 is 11.6 Å². The zero-order chi connectivity index (χ0) is 18.7. The van der Waals surface area contributed by atoms with Crippen LogP contribution in [0.4, 0.5) is 30.6 Å². The predicted octanol–water partition coefficient (Wildman–Crippen LogP) is 5.66. The summed E-state index contributed by atoms with van der Waals surface area (Å²) in [5.41, 5.74) is -0.599. The molecule has 2 aromatic rings. The lowest BCUT2D eigenvalue weighted by molar-refractivity contribution is -0.137. The van der Waals surface area contributed by atoms with E-state index in [-0.39, 0.29) is 10.7 Å². The monoisotopic (exact) mass is 384 g/mol. The largest absolute Gasteiger partial charge is 0.416 e. The quantitative estimate of drug-likeness (QED) is 0.738. The molecule has 1 aromatic heterocycles. The van der Waals surface area contributed by atoms with E-state index in [0.29, 0.717) is 17.8 Å². The van der Waals surface area contributed by atoms with Gasteiger partial charge in [0.1, 0.15) is 5.82 Å². The summed E-state index contributed by atoms with van der Waals surface area (Å²) >= 11 is 6.05. The molecule has 26 heavy (non-hydrogen) atoms. The highest BCUT2D eigenvalue weighted by Gasteiger charge is 2.31. The molecule has 4 nitrogen and oxygen atoms in total. The fourth-order valence-electron chi connectivity index (χ4n) is 3.18. The van der Waals surface area contributed by atoms with Crippen LogP contribution in [0.3, 0.4) is 0 Å². The second-order valence-corrected chi connectivity index (χ2v) is 6.72. The van der Waals surface area contributed by atoms with Crippen molar-refractivity contribution in [3.05, 3.63) is 41.0 Å². The molecule has 1 aliphatic heterocycles. The van der Waals surface area contributed by atoms with E-state index in [1.54, 1.807) is 12.3 Å². The molecule has 2 heterocycles. The lowest BCUT2D eigenvalue weighted by Gasteiger charge is -2.35. The number of halogens is 4. The van der Waals surface area contributed by atoms with Gasteiger partial charge in [0.2, 0.25) is 5.95 Å². The lowest BCUT2D eigenvalue weighted by atomic mass is 10.0. The number of rotatable bonds is 4. The van der Waals surface area contributed by atoms with Crippen LogP contribution in [-0.2, 0) is 6.18 Å². The third kappa shape index (κ3) is 4.20. The molecule has 1 unspecified atom stereocenters. The summed E-state index contributed by atoms with van der Waals surface area (Å²) in [5.74, 6) is 1.00. The highest BCUT2D eigenvalue weighted by Crippen LogP contribution is 2.35. The Hall–Kier alpha value is -2.02. The summed E-state index contributed by atoms with van der Waals surface area (Å²) in [6.45, 7) is 3.01. The van der Waals surface area contributed by atoms with Gasteiger partial charge in [-0.3, -0.25) is 0 Å². The molecule has 1 atom stereocenters. The molecule has 0 bridgehead atoms. The van der Waals surface area contributed by atoms with Gasteiger partial charge < -0.3 is 10.2 Å². The average Bonchev–Trinajstić information content (AvgIpc) is 2.63. The van der Waals surface area contributed by atoms with Crippen LogP contribution in [0.5, 0.6) is 0 Å². The maximum Gasteiger partial charge on any atom is 0.416 e. The molecular formula is C18H20ClF3N4. The van der Waals surface area contributed by atoms with Gasteiger partial charge in [-0.05, 0) is 49.9 Å². The molecule has 8 heteroatoms. The Labute approximate surface area is 155 Å². The topological polar surface area (TPSA) is 41.1 Å². The van der Waals surface area contributed by atoms with Gasteiger partial charge in [0.25, 0.3) is 0 Å². The van der Waals surface area contributed by atoms with Crippen molar-refractivity contribution in [3.8, 4) is 0 Å². The molecule has 1 aliphatic rings. The van der Waals surface area contributed by atoms with Crippen molar-refractivity contribution in [2.75, 3.05) is 16.8 Å². The summed E-state index contributed by atoms with van der Waals surface area (Å²) in [6, 6.07) is 5.17. The number of benzene rings is 1. The maximum atomic E-state index is 12.9. The molecule has 1 fully saturated rings. The van der Waals surface area contributed by atoms with Crippen molar-refractivity contribution < 1.29 is 13.2 Å². The van der Waals surface area contributed by atoms with Crippen molar-refractivity contribution in [1.82, 2.24) is 9.97 Å². The van der Waals surface area contributed by atoms with Gasteiger partial charge in [0.05, 0.1) is 16.3 Å². The molecule has 0 amide bonds. The molecule has 3 rings (SSSR count). The second-order valence-electron chi connectivity index (χ2n) is 6.31. The van der Waals surface area contributed by atoms with Crippen LogP contribution in [0.25, 0.3) is 0 Å². The number of nitrogens with zero attached hydrogens (tertiary/aromatic N) is 3. The Bertz CT molecular complexity index is 766. The standard InChI is InChI=1S/C18H20ClF3N4/c1-2-13-5-3-4-10-26(13)17-23-9-8-16(25-17)24-15-11-12(18(20,21)22)6-7-14(15)19/h6-9,11,13H,2-5,10H2,1H3,(H,23,24,25). The van der Waals surface area contributed by atoms with Crippen molar-refractivity contribution >= 4 is 29.1 Å². The van der Waals surface area contributed by atoms with Crippen LogP contribution in [-0.4, -0.2) is 22.6 Å². The van der Waals surface area contributed by atoms with Gasteiger partial charge >= 0.3 is 6.18 Å². The number of hydrogen-bond acceptors (Lipinski definition) is 4. The van der Waals surface area contributed by atoms with E-state index in [9.17, 15) is 13.2 Å². The third-order valence-electron chi connectivity index (χ3n) is 4.55. The minimum atomic E-state index is -4.43. The molecule has 1 N–H and O–H groups in total. The molecular weight excluding hydrogens is 365 g/mol. The van der Waals surface area contributed by atoms with Gasteiger partial charge in [-0.2, -0.15) is 18.2 Å². The molecule has 0 spiro atoms. The number of nitrogens with one attached hydrogen (secondary N) is 1. The number of piperidine rings is 1. The summed E-state index contributed by atoms with van der Waals surface area (Å²) in [4.78, 5) is 11.0. The van der Waals surface area contributed by atoms with Crippen LogP contribution in [0.1, 0.15) is 38.2 Å². The third-order valence-corrected chi connectivity index (χ3v) is 4.88. The van der Waals surface area contributed by atoms with Crippen molar-refractivity contribution in [3.63, 3.8) is 0 Å². The highest BCUT2D eigenvalue weighted by molar-refractivity contribution is 6.33. The van der Waals surface area contributed by atoms with Crippen molar-refractivity contribution in [2.45, 2.75) is 44.8 Å². The first-order valence-electron chi connectivity index (χ1n) is 8.62. The molecule has 0 aliphatic carbocycles. The van der Waals surface area contributed by atoms with E-state index in [1.165, 1.54) is 12.5 Å². The molecule has 140 valence electrons. The first kappa shape index (κ1) is 18.8. The van der Waals surface area contributed by atoms with Crippen LogP contribution in [0.2, 0.25) is 5.02 Å². The van der Waals surface area contributed by atoms with Crippen LogP contribution < -0.4 is 10.2 Å². The predicted molar refractivity (Wildman–Crippen MR) is 97.0 cm³/mol. The molecule has 1 saturated heterocycles. The van der Waals surface area contributed by atoms with E-state index in [4.69, 9.17) is 11.6 Å². The lowest BCUT2D eigenvalue weighted by Crippen LogP contribution is -2.40. The Kier molecular flexibility index (Phi) is 5.55. The van der Waals surface area contributed by atoms with Crippen LogP contribution in [0, 0.1) is 0 Å². The Morgan fingerprint density at radius 1 is 1.27 bits per heavy atom. The van der Waals surface area contributed by atoms with Gasteiger partial charge in [0, 0.05) is 18.8 Å². The zero-order valence-electron chi connectivity index (χ0n) is 14.4. The van der Waals surface area contributed by atoms with E-state index in [2.05, 4.69) is 27.1 Å². The smallest absolute Gasteiger partial charge is 0.339 e. The fraction of sp³-hybridized carbons (Fsp3) is 0.444. The Morgan fingerprint density at radius 3 is 2.81 bits per heavy atom. The highest BCUT2D eigenvalue weighted by atomic mass is 35.5. The van der Waals surface area contributed by atoms with Crippen molar-refractivity contribution in [1.29, 1.82) is 0 Å². The van der Waals surface area contributed by atoms with Gasteiger partial charge in [-0.15, -0.1) is 0 Å². The van der Waals surface area contributed by atoms with E-state index < -0.39 is 11.7 Å². The van der Waals surface area contributed by atoms with Crippen LogP contribution in [0.15, 0.2) is 30.5 Å². The summed E-state index contributed by atoms with van der Waals surface area (Å²) in [7, 11) is 0. The first-order valence-corrected chi connectivity index (χ1v) is 8.99. The minimum absolute atomic E-state index is 0.164. The number of hydrogen-bond donors (Lipinski definition) is 1. The van der Waals surface area contributed by atoms with Gasteiger partial charge in [-0.1, -0.05) is 18.5 Å². The van der Waals surface area contributed by atoms with Crippen molar-refractivity contribution in [2.24, 2.45) is 0 Å². The number of aromatic nitrogens is 2. The van der Waals surface area contributed by atoms with E-state index >= 15 is 0 Å².